The Morgan fingerprint density at radius 3 is 1.97 bits per heavy atom. The largest absolute Gasteiger partial charge is 0.387 e. The maximum atomic E-state index is 13.1. The van der Waals surface area contributed by atoms with Gasteiger partial charge in [-0.3, -0.25) is 0 Å². The number of aliphatic hydroxyl groups is 1. The second kappa shape index (κ2) is 9.32. The minimum atomic E-state index is -4.08. The lowest BCUT2D eigenvalue weighted by Crippen LogP contribution is -2.29. The van der Waals surface area contributed by atoms with Gasteiger partial charge in [-0.25, -0.2) is 21.6 Å². The van der Waals surface area contributed by atoms with Gasteiger partial charge >= 0.3 is 0 Å². The second-order valence-electron chi connectivity index (χ2n) is 7.45. The van der Waals surface area contributed by atoms with Crippen LogP contribution in [-0.4, -0.2) is 28.5 Å². The molecule has 8 heteroatoms. The van der Waals surface area contributed by atoms with Crippen molar-refractivity contribution in [3.8, 4) is 0 Å². The van der Waals surface area contributed by atoms with Gasteiger partial charge in [0.15, 0.2) is 0 Å². The third-order valence-corrected chi connectivity index (χ3v) is 8.16. The zero-order valence-electron chi connectivity index (χ0n) is 17.3. The van der Waals surface area contributed by atoms with Gasteiger partial charge in [0.1, 0.15) is 0 Å². The predicted octanol–water partition coefficient (Wildman–Crippen LogP) is 3.65. The van der Waals surface area contributed by atoms with Crippen molar-refractivity contribution in [3.63, 3.8) is 0 Å². The van der Waals surface area contributed by atoms with E-state index in [2.05, 4.69) is 4.72 Å². The van der Waals surface area contributed by atoms with Crippen LogP contribution >= 0.6 is 0 Å². The van der Waals surface area contributed by atoms with Crippen molar-refractivity contribution in [2.45, 2.75) is 40.6 Å². The molecule has 0 aliphatic heterocycles. The SMILES string of the molecule is CC(C)c1ccc(S(=O)(=O)c2ccccc2)cc1S(=O)(=O)NCC(O)c1ccccc1. The van der Waals surface area contributed by atoms with Gasteiger partial charge < -0.3 is 5.11 Å². The lowest BCUT2D eigenvalue weighted by molar-refractivity contribution is 0.182. The normalized spacial score (nSPS) is 13.3. The van der Waals surface area contributed by atoms with Crippen LogP contribution in [0.3, 0.4) is 0 Å². The molecule has 31 heavy (non-hydrogen) atoms. The van der Waals surface area contributed by atoms with Crippen LogP contribution in [0.4, 0.5) is 0 Å². The molecule has 0 aromatic heterocycles. The van der Waals surface area contributed by atoms with Gasteiger partial charge in [-0.15, -0.1) is 0 Å². The average Bonchev–Trinajstić information content (AvgIpc) is 2.78. The summed E-state index contributed by atoms with van der Waals surface area (Å²) in [6, 6.07) is 20.7. The van der Waals surface area contributed by atoms with E-state index in [0.29, 0.717) is 11.1 Å². The molecule has 0 amide bonds. The fraction of sp³-hybridized carbons (Fsp3) is 0.217. The van der Waals surface area contributed by atoms with Gasteiger partial charge in [0, 0.05) is 6.54 Å². The summed E-state index contributed by atoms with van der Waals surface area (Å²) in [4.78, 5) is -0.130. The number of hydrogen-bond donors (Lipinski definition) is 2. The molecule has 0 fully saturated rings. The molecule has 3 aromatic carbocycles. The maximum Gasteiger partial charge on any atom is 0.240 e. The van der Waals surface area contributed by atoms with E-state index in [-0.39, 0.29) is 27.1 Å². The quantitative estimate of drug-likeness (QED) is 0.535. The standard InChI is InChI=1S/C23H25NO5S2/c1-17(2)21-14-13-20(30(26,27)19-11-7-4-8-12-19)15-23(21)31(28,29)24-16-22(25)18-9-5-3-6-10-18/h3-15,17,22,24-25H,16H2,1-2H3. The Bertz CT molecular complexity index is 1240. The molecule has 3 aromatic rings. The zero-order chi connectivity index (χ0) is 22.6. The Kier molecular flexibility index (Phi) is 6.96. The molecule has 0 aliphatic rings. The van der Waals surface area contributed by atoms with Crippen LogP contribution in [0.1, 0.15) is 37.0 Å². The highest BCUT2D eigenvalue weighted by molar-refractivity contribution is 7.91. The number of nitrogens with one attached hydrogen (secondary N) is 1. The van der Waals surface area contributed by atoms with E-state index in [1.54, 1.807) is 48.5 Å². The molecule has 0 saturated carbocycles. The van der Waals surface area contributed by atoms with Gasteiger partial charge in [-0.05, 0) is 41.3 Å². The Hall–Kier alpha value is -2.52. The lowest BCUT2D eigenvalue weighted by atomic mass is 10.0. The summed E-state index contributed by atoms with van der Waals surface area (Å²) in [6.07, 6.45) is -1.03. The van der Waals surface area contributed by atoms with E-state index in [0.717, 1.165) is 0 Å². The van der Waals surface area contributed by atoms with E-state index in [1.807, 2.05) is 13.8 Å². The summed E-state index contributed by atoms with van der Waals surface area (Å²) in [6.45, 7) is 3.43. The van der Waals surface area contributed by atoms with Crippen molar-refractivity contribution in [2.75, 3.05) is 6.54 Å². The van der Waals surface area contributed by atoms with Crippen molar-refractivity contribution in [2.24, 2.45) is 0 Å². The first-order chi connectivity index (χ1) is 14.6. The highest BCUT2D eigenvalue weighted by Crippen LogP contribution is 2.29. The Morgan fingerprint density at radius 1 is 0.806 bits per heavy atom. The Labute approximate surface area is 183 Å². The molecule has 2 N–H and O–H groups in total. The van der Waals surface area contributed by atoms with Gasteiger partial charge in [0.2, 0.25) is 19.9 Å². The minimum absolute atomic E-state index is 0.0862. The first-order valence-electron chi connectivity index (χ1n) is 9.79. The average molecular weight is 460 g/mol. The van der Waals surface area contributed by atoms with Crippen molar-refractivity contribution in [1.29, 1.82) is 0 Å². The van der Waals surface area contributed by atoms with Crippen LogP contribution in [0, 0.1) is 0 Å². The lowest BCUT2D eigenvalue weighted by Gasteiger charge is -2.17. The maximum absolute atomic E-state index is 13.1. The highest BCUT2D eigenvalue weighted by atomic mass is 32.2. The number of rotatable bonds is 8. The summed E-state index contributed by atoms with van der Waals surface area (Å²) < 4.78 is 54.6. The molecule has 1 unspecified atom stereocenters. The first kappa shape index (κ1) is 23.1. The molecule has 0 spiro atoms. The molecule has 0 heterocycles. The molecule has 6 nitrogen and oxygen atoms in total. The molecule has 0 saturated heterocycles. The number of benzene rings is 3. The monoisotopic (exact) mass is 459 g/mol. The predicted molar refractivity (Wildman–Crippen MR) is 119 cm³/mol. The third-order valence-electron chi connectivity index (χ3n) is 4.91. The van der Waals surface area contributed by atoms with Crippen molar-refractivity contribution in [1.82, 2.24) is 4.72 Å². The van der Waals surface area contributed by atoms with E-state index < -0.39 is 26.0 Å². The fourth-order valence-corrected chi connectivity index (χ4v) is 6.00. The van der Waals surface area contributed by atoms with E-state index in [9.17, 15) is 21.9 Å². The van der Waals surface area contributed by atoms with Gasteiger partial charge in [-0.1, -0.05) is 68.4 Å². The zero-order valence-corrected chi connectivity index (χ0v) is 18.9. The smallest absolute Gasteiger partial charge is 0.240 e. The molecule has 1 atom stereocenters. The van der Waals surface area contributed by atoms with Gasteiger partial charge in [0.25, 0.3) is 0 Å². The Balaban J connectivity index is 1.97. The summed E-state index contributed by atoms with van der Waals surface area (Å²) in [5.74, 6) is -0.154. The number of sulfone groups is 1. The molecule has 0 aliphatic carbocycles. The second-order valence-corrected chi connectivity index (χ2v) is 11.1. The van der Waals surface area contributed by atoms with E-state index in [4.69, 9.17) is 0 Å². The van der Waals surface area contributed by atoms with Crippen LogP contribution < -0.4 is 4.72 Å². The fourth-order valence-electron chi connectivity index (χ4n) is 3.19. The van der Waals surface area contributed by atoms with Crippen LogP contribution in [-0.2, 0) is 19.9 Å². The van der Waals surface area contributed by atoms with Crippen molar-refractivity contribution >= 4 is 19.9 Å². The number of sulfonamides is 1. The molecule has 164 valence electrons. The van der Waals surface area contributed by atoms with Crippen molar-refractivity contribution in [3.05, 3.63) is 90.0 Å². The molecular formula is C23H25NO5S2. The van der Waals surface area contributed by atoms with Gasteiger partial charge in [-0.2, -0.15) is 0 Å². The molecule has 0 bridgehead atoms. The van der Waals surface area contributed by atoms with Crippen LogP contribution in [0.2, 0.25) is 0 Å². The van der Waals surface area contributed by atoms with Gasteiger partial charge in [0.05, 0.1) is 20.8 Å². The first-order valence-corrected chi connectivity index (χ1v) is 12.8. The van der Waals surface area contributed by atoms with Crippen LogP contribution in [0.25, 0.3) is 0 Å². The number of hydrogen-bond acceptors (Lipinski definition) is 5. The summed E-state index contributed by atoms with van der Waals surface area (Å²) >= 11 is 0. The minimum Gasteiger partial charge on any atom is -0.387 e. The molecule has 0 radical (unpaired) electrons. The Morgan fingerprint density at radius 2 is 1.39 bits per heavy atom. The van der Waals surface area contributed by atoms with Crippen LogP contribution in [0.15, 0.2) is 93.5 Å². The summed E-state index contributed by atoms with van der Waals surface area (Å²) in [5.41, 5.74) is 1.07. The highest BCUT2D eigenvalue weighted by Gasteiger charge is 2.26. The third kappa shape index (κ3) is 5.22. The van der Waals surface area contributed by atoms with Crippen LogP contribution in [0.5, 0.6) is 0 Å². The number of aliphatic hydroxyl groups excluding tert-OH is 1. The van der Waals surface area contributed by atoms with E-state index >= 15 is 0 Å². The summed E-state index contributed by atoms with van der Waals surface area (Å²) in [5, 5.41) is 10.3. The van der Waals surface area contributed by atoms with E-state index in [1.165, 1.54) is 30.3 Å². The topological polar surface area (TPSA) is 101 Å². The molecular weight excluding hydrogens is 434 g/mol. The summed E-state index contributed by atoms with van der Waals surface area (Å²) in [7, 11) is -7.96. The molecule has 3 rings (SSSR count). The van der Waals surface area contributed by atoms with Crippen molar-refractivity contribution < 1.29 is 21.9 Å².